The molecule has 1 heterocycles. The van der Waals surface area contributed by atoms with Crippen molar-refractivity contribution >= 4 is 5.91 Å². The van der Waals surface area contributed by atoms with Crippen molar-refractivity contribution in [3.63, 3.8) is 0 Å². The van der Waals surface area contributed by atoms with E-state index in [0.717, 1.165) is 28.4 Å². The van der Waals surface area contributed by atoms with E-state index in [1.807, 2.05) is 48.7 Å². The Morgan fingerprint density at radius 1 is 1.06 bits per heavy atom. The van der Waals surface area contributed by atoms with Crippen molar-refractivity contribution in [2.24, 2.45) is 11.1 Å². The fourth-order valence-corrected chi connectivity index (χ4v) is 3.88. The van der Waals surface area contributed by atoms with E-state index in [4.69, 9.17) is 20.2 Å². The molecule has 31 heavy (non-hydrogen) atoms. The second-order valence-corrected chi connectivity index (χ2v) is 8.73. The maximum atomic E-state index is 12.3. The lowest BCUT2D eigenvalue weighted by Gasteiger charge is -2.34. The quantitative estimate of drug-likeness (QED) is 0.590. The van der Waals surface area contributed by atoms with Gasteiger partial charge in [-0.2, -0.15) is 0 Å². The number of nitrogens with zero attached hydrogens (tertiary/aromatic N) is 2. The third-order valence-electron chi connectivity index (χ3n) is 5.44. The molecule has 2 N–H and O–H groups in total. The Morgan fingerprint density at radius 3 is 2.23 bits per heavy atom. The van der Waals surface area contributed by atoms with Crippen LogP contribution in [0.25, 0.3) is 11.3 Å². The maximum absolute atomic E-state index is 12.3. The van der Waals surface area contributed by atoms with Crippen molar-refractivity contribution in [3.05, 3.63) is 72.2 Å². The van der Waals surface area contributed by atoms with Gasteiger partial charge < -0.3 is 19.8 Å². The van der Waals surface area contributed by atoms with Crippen LogP contribution in [0.4, 0.5) is 0 Å². The van der Waals surface area contributed by atoms with Gasteiger partial charge in [-0.3, -0.25) is 4.79 Å². The predicted octanol–water partition coefficient (Wildman–Crippen LogP) is 4.24. The van der Waals surface area contributed by atoms with Crippen LogP contribution in [0.3, 0.4) is 0 Å². The molecule has 3 rings (SSSR count). The molecule has 2 aromatic carbocycles. The van der Waals surface area contributed by atoms with Crippen LogP contribution in [-0.4, -0.2) is 35.8 Å². The van der Waals surface area contributed by atoms with Crippen molar-refractivity contribution in [2.75, 3.05) is 14.2 Å². The van der Waals surface area contributed by atoms with Gasteiger partial charge >= 0.3 is 0 Å². The van der Waals surface area contributed by atoms with Gasteiger partial charge in [-0.1, -0.05) is 51.1 Å². The standard InChI is InChI=1S/C25H31N3O3/c1-25(2,3)21(22(31-5)23(26)29)24-27-20(18-11-13-19(30-4)14-12-18)16-28(24)15-17-9-7-6-8-10-17/h6-14,16,21-22H,15H2,1-5H3,(H2,26,29)/t21-,22?/m0/s1. The Kier molecular flexibility index (Phi) is 6.81. The Labute approximate surface area is 184 Å². The van der Waals surface area contributed by atoms with E-state index >= 15 is 0 Å². The van der Waals surface area contributed by atoms with Gasteiger partial charge in [-0.15, -0.1) is 0 Å². The van der Waals surface area contributed by atoms with Crippen molar-refractivity contribution in [2.45, 2.75) is 39.3 Å². The first kappa shape index (κ1) is 22.6. The lowest BCUT2D eigenvalue weighted by atomic mass is 9.76. The summed E-state index contributed by atoms with van der Waals surface area (Å²) in [5.41, 5.74) is 8.34. The maximum Gasteiger partial charge on any atom is 0.247 e. The van der Waals surface area contributed by atoms with E-state index in [2.05, 4.69) is 37.5 Å². The van der Waals surface area contributed by atoms with Gasteiger partial charge in [0.2, 0.25) is 5.91 Å². The normalized spacial score (nSPS) is 13.6. The van der Waals surface area contributed by atoms with Gasteiger partial charge in [0.25, 0.3) is 0 Å². The molecule has 1 amide bonds. The minimum Gasteiger partial charge on any atom is -0.497 e. The first-order chi connectivity index (χ1) is 14.7. The molecule has 6 nitrogen and oxygen atoms in total. The molecule has 2 atom stereocenters. The number of primary amides is 1. The van der Waals surface area contributed by atoms with E-state index in [9.17, 15) is 4.79 Å². The Hall–Kier alpha value is -3.12. The number of hydrogen-bond acceptors (Lipinski definition) is 4. The summed E-state index contributed by atoms with van der Waals surface area (Å²) in [6.45, 7) is 6.84. The zero-order chi connectivity index (χ0) is 22.6. The highest BCUT2D eigenvalue weighted by Gasteiger charge is 2.40. The number of ether oxygens (including phenoxy) is 2. The highest BCUT2D eigenvalue weighted by Crippen LogP contribution is 2.39. The molecule has 6 heteroatoms. The SMILES string of the molecule is COc1ccc(-c2cn(Cc3ccccc3)c([C@H](C(OC)C(N)=O)C(C)(C)C)n2)cc1. The van der Waals surface area contributed by atoms with Crippen LogP contribution in [0.1, 0.15) is 38.1 Å². The van der Waals surface area contributed by atoms with Crippen LogP contribution in [0.2, 0.25) is 0 Å². The molecule has 3 aromatic rings. The third-order valence-corrected chi connectivity index (χ3v) is 5.44. The molecule has 1 unspecified atom stereocenters. The smallest absolute Gasteiger partial charge is 0.247 e. The van der Waals surface area contributed by atoms with Crippen molar-refractivity contribution in [3.8, 4) is 17.0 Å². The van der Waals surface area contributed by atoms with Crippen LogP contribution in [0, 0.1) is 5.41 Å². The summed E-state index contributed by atoms with van der Waals surface area (Å²) in [6, 6.07) is 17.9. The van der Waals surface area contributed by atoms with E-state index < -0.39 is 12.0 Å². The number of methoxy groups -OCH3 is 2. The molecule has 0 aliphatic heterocycles. The summed E-state index contributed by atoms with van der Waals surface area (Å²) in [7, 11) is 3.16. The molecule has 0 radical (unpaired) electrons. The van der Waals surface area contributed by atoms with Crippen molar-refractivity contribution in [1.29, 1.82) is 0 Å². The van der Waals surface area contributed by atoms with Gasteiger partial charge in [-0.25, -0.2) is 4.98 Å². The minimum atomic E-state index is -0.791. The monoisotopic (exact) mass is 421 g/mol. The van der Waals surface area contributed by atoms with Crippen LogP contribution >= 0.6 is 0 Å². The van der Waals surface area contributed by atoms with Gasteiger partial charge in [-0.05, 0) is 35.2 Å². The molecule has 164 valence electrons. The lowest BCUT2D eigenvalue weighted by molar-refractivity contribution is -0.131. The number of rotatable bonds is 8. The molecular formula is C25H31N3O3. The molecule has 0 aliphatic carbocycles. The number of amides is 1. The van der Waals surface area contributed by atoms with E-state index in [-0.39, 0.29) is 11.3 Å². The van der Waals surface area contributed by atoms with Crippen LogP contribution in [-0.2, 0) is 16.1 Å². The summed E-state index contributed by atoms with van der Waals surface area (Å²) in [6.07, 6.45) is 1.23. The first-order valence-corrected chi connectivity index (χ1v) is 10.3. The fourth-order valence-electron chi connectivity index (χ4n) is 3.88. The van der Waals surface area contributed by atoms with Crippen LogP contribution in [0.15, 0.2) is 60.8 Å². The number of imidazole rings is 1. The summed E-state index contributed by atoms with van der Waals surface area (Å²) in [4.78, 5) is 17.2. The molecule has 0 bridgehead atoms. The third kappa shape index (κ3) is 5.14. The second kappa shape index (κ2) is 9.35. The summed E-state index contributed by atoms with van der Waals surface area (Å²) in [5, 5.41) is 0. The van der Waals surface area contributed by atoms with Crippen LogP contribution < -0.4 is 10.5 Å². The molecule has 1 aromatic heterocycles. The Balaban J connectivity index is 2.14. The van der Waals surface area contributed by atoms with Gasteiger partial charge in [0, 0.05) is 25.4 Å². The Bertz CT molecular complexity index is 1000. The molecule has 0 aliphatic rings. The largest absolute Gasteiger partial charge is 0.497 e. The minimum absolute atomic E-state index is 0.313. The zero-order valence-corrected chi connectivity index (χ0v) is 18.8. The van der Waals surface area contributed by atoms with Gasteiger partial charge in [0.05, 0.1) is 18.7 Å². The van der Waals surface area contributed by atoms with Crippen molar-refractivity contribution < 1.29 is 14.3 Å². The number of nitrogens with two attached hydrogens (primary N) is 1. The number of aromatic nitrogens is 2. The molecule has 0 saturated carbocycles. The highest BCUT2D eigenvalue weighted by atomic mass is 16.5. The van der Waals surface area contributed by atoms with Crippen LogP contribution in [0.5, 0.6) is 5.75 Å². The van der Waals surface area contributed by atoms with Crippen molar-refractivity contribution in [1.82, 2.24) is 9.55 Å². The predicted molar refractivity (Wildman–Crippen MR) is 122 cm³/mol. The first-order valence-electron chi connectivity index (χ1n) is 10.3. The Morgan fingerprint density at radius 2 is 1.71 bits per heavy atom. The summed E-state index contributed by atoms with van der Waals surface area (Å²) < 4.78 is 12.9. The second-order valence-electron chi connectivity index (χ2n) is 8.73. The van der Waals surface area contributed by atoms with Gasteiger partial charge in [0.1, 0.15) is 17.7 Å². The molecule has 0 spiro atoms. The fraction of sp³-hybridized carbons (Fsp3) is 0.360. The topological polar surface area (TPSA) is 79.4 Å². The van der Waals surface area contributed by atoms with Gasteiger partial charge in [0.15, 0.2) is 0 Å². The number of hydrogen-bond donors (Lipinski definition) is 1. The number of benzene rings is 2. The molecule has 0 saturated heterocycles. The van der Waals surface area contributed by atoms with E-state index in [1.54, 1.807) is 7.11 Å². The number of carbonyl (C=O) groups is 1. The van der Waals surface area contributed by atoms with E-state index in [0.29, 0.717) is 6.54 Å². The summed E-state index contributed by atoms with van der Waals surface area (Å²) >= 11 is 0. The summed E-state index contributed by atoms with van der Waals surface area (Å²) in [5.74, 6) is 0.731. The zero-order valence-electron chi connectivity index (χ0n) is 18.8. The highest BCUT2D eigenvalue weighted by molar-refractivity contribution is 5.80. The number of carbonyl (C=O) groups excluding carboxylic acids is 1. The average molecular weight is 422 g/mol. The van der Waals surface area contributed by atoms with E-state index in [1.165, 1.54) is 7.11 Å². The average Bonchev–Trinajstić information content (AvgIpc) is 3.14. The molecule has 0 fully saturated rings. The molecular weight excluding hydrogens is 390 g/mol. The lowest BCUT2D eigenvalue weighted by Crippen LogP contribution is -2.42.